The van der Waals surface area contributed by atoms with E-state index in [1.807, 2.05) is 0 Å². The molecule has 2 heterocycles. The van der Waals surface area contributed by atoms with Crippen LogP contribution in [0.25, 0.3) is 0 Å². The molecule has 2 saturated heterocycles. The summed E-state index contributed by atoms with van der Waals surface area (Å²) in [4.78, 5) is 14.0. The monoisotopic (exact) mass is 292 g/mol. The van der Waals surface area contributed by atoms with Crippen molar-refractivity contribution in [1.82, 2.24) is 10.2 Å². The summed E-state index contributed by atoms with van der Waals surface area (Å²) < 4.78 is 34.6. The van der Waals surface area contributed by atoms with Crippen LogP contribution in [0.4, 0.5) is 13.6 Å². The molecule has 2 atom stereocenters. The zero-order valence-electron chi connectivity index (χ0n) is 12.1. The minimum absolute atomic E-state index is 0.0140. The topological polar surface area (TPSA) is 50.8 Å². The lowest BCUT2D eigenvalue weighted by Gasteiger charge is -2.44. The van der Waals surface area contributed by atoms with Crippen molar-refractivity contribution in [2.24, 2.45) is 0 Å². The SMILES string of the molecule is CC(C)(C)OC(=O)N1C2CCC1(COC(F)F)CNC2. The summed E-state index contributed by atoms with van der Waals surface area (Å²) in [6, 6.07) is -0.0140. The Bertz CT molecular complexity index is 369. The quantitative estimate of drug-likeness (QED) is 0.864. The maximum atomic E-state index is 12.4. The Morgan fingerprint density at radius 3 is 2.80 bits per heavy atom. The molecule has 116 valence electrons. The van der Waals surface area contributed by atoms with E-state index in [2.05, 4.69) is 10.1 Å². The molecule has 20 heavy (non-hydrogen) atoms. The van der Waals surface area contributed by atoms with Crippen LogP contribution in [0.1, 0.15) is 33.6 Å². The summed E-state index contributed by atoms with van der Waals surface area (Å²) in [6.45, 7) is 3.48. The Kier molecular flexibility index (Phi) is 4.20. The number of fused-ring (bicyclic) bond motifs is 2. The summed E-state index contributed by atoms with van der Waals surface area (Å²) in [5, 5.41) is 3.18. The Hall–Kier alpha value is -0.950. The van der Waals surface area contributed by atoms with Crippen LogP contribution in [0.5, 0.6) is 0 Å². The van der Waals surface area contributed by atoms with Gasteiger partial charge < -0.3 is 14.8 Å². The number of rotatable bonds is 3. The number of amides is 1. The van der Waals surface area contributed by atoms with Crippen molar-refractivity contribution >= 4 is 6.09 Å². The van der Waals surface area contributed by atoms with Gasteiger partial charge in [0, 0.05) is 19.1 Å². The molecule has 1 N–H and O–H groups in total. The fraction of sp³-hybridized carbons (Fsp3) is 0.923. The van der Waals surface area contributed by atoms with Crippen molar-refractivity contribution in [1.29, 1.82) is 0 Å². The van der Waals surface area contributed by atoms with Crippen LogP contribution in [-0.4, -0.2) is 54.5 Å². The van der Waals surface area contributed by atoms with E-state index in [0.717, 1.165) is 6.42 Å². The Balaban J connectivity index is 2.13. The highest BCUT2D eigenvalue weighted by Gasteiger charge is 2.53. The number of nitrogens with one attached hydrogen (secondary N) is 1. The lowest BCUT2D eigenvalue weighted by Crippen LogP contribution is -2.64. The second-order valence-electron chi connectivity index (χ2n) is 6.47. The van der Waals surface area contributed by atoms with E-state index in [1.165, 1.54) is 0 Å². The van der Waals surface area contributed by atoms with Gasteiger partial charge in [0.1, 0.15) is 5.60 Å². The smallest absolute Gasteiger partial charge is 0.411 e. The average molecular weight is 292 g/mol. The van der Waals surface area contributed by atoms with Gasteiger partial charge >= 0.3 is 12.7 Å². The fourth-order valence-electron chi connectivity index (χ4n) is 2.98. The van der Waals surface area contributed by atoms with E-state index in [4.69, 9.17) is 4.74 Å². The highest BCUT2D eigenvalue weighted by atomic mass is 19.3. The van der Waals surface area contributed by atoms with E-state index >= 15 is 0 Å². The molecular weight excluding hydrogens is 270 g/mol. The molecule has 2 aliphatic heterocycles. The van der Waals surface area contributed by atoms with Crippen LogP contribution in [0, 0.1) is 0 Å². The summed E-state index contributed by atoms with van der Waals surface area (Å²) >= 11 is 0. The van der Waals surface area contributed by atoms with Crippen molar-refractivity contribution in [2.75, 3.05) is 19.7 Å². The van der Waals surface area contributed by atoms with Gasteiger partial charge in [0.2, 0.25) is 0 Å². The van der Waals surface area contributed by atoms with Crippen molar-refractivity contribution in [3.63, 3.8) is 0 Å². The average Bonchev–Trinajstić information content (AvgIpc) is 2.53. The van der Waals surface area contributed by atoms with E-state index in [0.29, 0.717) is 19.5 Å². The van der Waals surface area contributed by atoms with Crippen LogP contribution in [0.15, 0.2) is 0 Å². The summed E-state index contributed by atoms with van der Waals surface area (Å²) in [7, 11) is 0. The standard InChI is InChI=1S/C13H22F2N2O3/c1-12(2,3)20-11(18)17-9-4-5-13(17,7-16-6-9)8-19-10(14)15/h9-10,16H,4-8H2,1-3H3. The first kappa shape index (κ1) is 15.4. The fourth-order valence-corrected chi connectivity index (χ4v) is 2.98. The third-order valence-electron chi connectivity index (χ3n) is 3.72. The van der Waals surface area contributed by atoms with E-state index in [1.54, 1.807) is 25.7 Å². The number of nitrogens with zero attached hydrogens (tertiary/aromatic N) is 1. The lowest BCUT2D eigenvalue weighted by atomic mass is 9.97. The second-order valence-corrected chi connectivity index (χ2v) is 6.47. The predicted molar refractivity (Wildman–Crippen MR) is 68.7 cm³/mol. The van der Waals surface area contributed by atoms with Gasteiger partial charge in [0.15, 0.2) is 0 Å². The van der Waals surface area contributed by atoms with Gasteiger partial charge in [-0.25, -0.2) is 4.79 Å². The molecule has 0 saturated carbocycles. The van der Waals surface area contributed by atoms with Crippen molar-refractivity contribution in [2.45, 2.75) is 57.4 Å². The number of carbonyl (C=O) groups is 1. The molecule has 5 nitrogen and oxygen atoms in total. The van der Waals surface area contributed by atoms with Crippen molar-refractivity contribution in [3.8, 4) is 0 Å². The van der Waals surface area contributed by atoms with Crippen LogP contribution < -0.4 is 5.32 Å². The molecule has 0 aromatic heterocycles. The normalized spacial score (nSPS) is 29.9. The first-order valence-corrected chi connectivity index (χ1v) is 6.86. The van der Waals surface area contributed by atoms with Gasteiger partial charge in [0.05, 0.1) is 12.1 Å². The van der Waals surface area contributed by atoms with E-state index in [9.17, 15) is 13.6 Å². The van der Waals surface area contributed by atoms with Gasteiger partial charge in [-0.2, -0.15) is 8.78 Å². The molecule has 0 aromatic rings. The van der Waals surface area contributed by atoms with Crippen LogP contribution >= 0.6 is 0 Å². The molecule has 0 radical (unpaired) electrons. The summed E-state index contributed by atoms with van der Waals surface area (Å²) in [6.07, 6.45) is 0.981. The number of ether oxygens (including phenoxy) is 2. The number of piperazine rings is 1. The van der Waals surface area contributed by atoms with Gasteiger partial charge in [-0.15, -0.1) is 0 Å². The zero-order valence-corrected chi connectivity index (χ0v) is 12.1. The highest BCUT2D eigenvalue weighted by Crippen LogP contribution is 2.38. The molecule has 0 spiro atoms. The van der Waals surface area contributed by atoms with Gasteiger partial charge in [-0.3, -0.25) is 4.90 Å². The third kappa shape index (κ3) is 3.20. The van der Waals surface area contributed by atoms with Crippen molar-refractivity contribution in [3.05, 3.63) is 0 Å². The lowest BCUT2D eigenvalue weighted by molar-refractivity contribution is -0.156. The Morgan fingerprint density at radius 1 is 1.50 bits per heavy atom. The Morgan fingerprint density at radius 2 is 2.20 bits per heavy atom. The Labute approximate surface area is 117 Å². The van der Waals surface area contributed by atoms with Crippen LogP contribution in [0.2, 0.25) is 0 Å². The summed E-state index contributed by atoms with van der Waals surface area (Å²) in [5.74, 6) is 0. The largest absolute Gasteiger partial charge is 0.444 e. The number of alkyl halides is 2. The van der Waals surface area contributed by atoms with E-state index in [-0.39, 0.29) is 12.6 Å². The number of hydrogen-bond acceptors (Lipinski definition) is 4. The minimum Gasteiger partial charge on any atom is -0.444 e. The molecule has 2 fully saturated rings. The maximum Gasteiger partial charge on any atom is 0.411 e. The maximum absolute atomic E-state index is 12.4. The van der Waals surface area contributed by atoms with Crippen molar-refractivity contribution < 1.29 is 23.0 Å². The molecule has 2 unspecified atom stereocenters. The van der Waals surface area contributed by atoms with Gasteiger partial charge in [-0.05, 0) is 33.6 Å². The molecule has 0 aromatic carbocycles. The second kappa shape index (κ2) is 5.44. The molecule has 7 heteroatoms. The molecule has 2 bridgehead atoms. The van der Waals surface area contributed by atoms with E-state index < -0.39 is 23.8 Å². The molecule has 2 rings (SSSR count). The molecular formula is C13H22F2N2O3. The first-order valence-electron chi connectivity index (χ1n) is 6.86. The summed E-state index contributed by atoms with van der Waals surface area (Å²) in [5.41, 5.74) is -1.33. The molecule has 0 aliphatic carbocycles. The first-order chi connectivity index (χ1) is 9.23. The number of hydrogen-bond donors (Lipinski definition) is 1. The highest BCUT2D eigenvalue weighted by molar-refractivity contribution is 5.70. The molecule has 1 amide bonds. The number of halogens is 2. The van der Waals surface area contributed by atoms with Crippen LogP contribution in [0.3, 0.4) is 0 Å². The molecule has 2 aliphatic rings. The zero-order chi connectivity index (χ0) is 15.0. The van der Waals surface area contributed by atoms with Crippen LogP contribution in [-0.2, 0) is 9.47 Å². The van der Waals surface area contributed by atoms with Gasteiger partial charge in [0.25, 0.3) is 0 Å². The third-order valence-corrected chi connectivity index (χ3v) is 3.72. The predicted octanol–water partition coefficient (Wildman–Crippen LogP) is 1.97. The minimum atomic E-state index is -2.83. The van der Waals surface area contributed by atoms with Gasteiger partial charge in [-0.1, -0.05) is 0 Å². The number of carbonyl (C=O) groups excluding carboxylic acids is 1.